The average molecular weight is 281 g/mol. The summed E-state index contributed by atoms with van der Waals surface area (Å²) in [5, 5.41) is 4.11. The molecule has 0 saturated carbocycles. The maximum atomic E-state index is 12.0. The molecule has 0 bridgehead atoms. The zero-order valence-corrected chi connectivity index (χ0v) is 12.4. The number of aryl methyl sites for hydroxylation is 2. The minimum atomic E-state index is -0.403. The van der Waals surface area contributed by atoms with Crippen LogP contribution in [0.15, 0.2) is 0 Å². The van der Waals surface area contributed by atoms with Crippen LogP contribution in [-0.4, -0.2) is 71.9 Å². The summed E-state index contributed by atoms with van der Waals surface area (Å²) < 4.78 is 6.77. The minimum absolute atomic E-state index is 0.334. The number of hydrogen-bond acceptors (Lipinski definition) is 6. The van der Waals surface area contributed by atoms with Crippen LogP contribution >= 0.6 is 0 Å². The van der Waals surface area contributed by atoms with Gasteiger partial charge in [-0.2, -0.15) is 5.10 Å². The molecule has 1 aromatic heterocycles. The summed E-state index contributed by atoms with van der Waals surface area (Å²) in [4.78, 5) is 16.6. The van der Waals surface area contributed by atoms with E-state index in [-0.39, 0.29) is 0 Å². The maximum Gasteiger partial charge on any atom is 0.358 e. The summed E-state index contributed by atoms with van der Waals surface area (Å²) in [5.41, 5.74) is 7.22. The van der Waals surface area contributed by atoms with Gasteiger partial charge >= 0.3 is 5.97 Å². The van der Waals surface area contributed by atoms with Crippen molar-refractivity contribution in [3.05, 3.63) is 11.4 Å². The third-order valence-corrected chi connectivity index (χ3v) is 3.70. The van der Waals surface area contributed by atoms with E-state index >= 15 is 0 Å². The zero-order chi connectivity index (χ0) is 14.7. The van der Waals surface area contributed by atoms with Gasteiger partial charge in [0.1, 0.15) is 6.61 Å². The number of nitrogens with zero attached hydrogens (tertiary/aromatic N) is 4. The van der Waals surface area contributed by atoms with E-state index in [2.05, 4.69) is 21.9 Å². The Morgan fingerprint density at radius 3 is 2.50 bits per heavy atom. The van der Waals surface area contributed by atoms with E-state index in [9.17, 15) is 4.79 Å². The first-order chi connectivity index (χ1) is 9.49. The molecule has 1 fully saturated rings. The van der Waals surface area contributed by atoms with E-state index in [0.717, 1.165) is 32.7 Å². The zero-order valence-electron chi connectivity index (χ0n) is 12.4. The molecule has 1 aliphatic rings. The fraction of sp³-hybridized carbons (Fsp3) is 0.692. The van der Waals surface area contributed by atoms with Crippen LogP contribution in [0.5, 0.6) is 0 Å². The molecule has 1 saturated heterocycles. The van der Waals surface area contributed by atoms with Gasteiger partial charge in [-0.05, 0) is 14.0 Å². The van der Waals surface area contributed by atoms with Crippen molar-refractivity contribution >= 4 is 11.7 Å². The van der Waals surface area contributed by atoms with Crippen LogP contribution in [0.2, 0.25) is 0 Å². The van der Waals surface area contributed by atoms with Crippen LogP contribution < -0.4 is 5.73 Å². The van der Waals surface area contributed by atoms with Crippen molar-refractivity contribution in [3.8, 4) is 0 Å². The molecule has 2 rings (SSSR count). The molecule has 0 aromatic carbocycles. The number of ether oxygens (including phenoxy) is 1. The van der Waals surface area contributed by atoms with Gasteiger partial charge in [0.25, 0.3) is 0 Å². The van der Waals surface area contributed by atoms with Crippen molar-refractivity contribution in [2.24, 2.45) is 7.05 Å². The lowest BCUT2D eigenvalue weighted by molar-refractivity contribution is 0.0421. The van der Waals surface area contributed by atoms with Crippen molar-refractivity contribution in [1.82, 2.24) is 19.6 Å². The second-order valence-electron chi connectivity index (χ2n) is 5.25. The van der Waals surface area contributed by atoms with Crippen molar-refractivity contribution in [3.63, 3.8) is 0 Å². The number of esters is 1. The van der Waals surface area contributed by atoms with E-state index < -0.39 is 5.97 Å². The number of likely N-dealkylation sites (N-methyl/N-ethyl adjacent to an activating group) is 1. The highest BCUT2D eigenvalue weighted by Crippen LogP contribution is 2.16. The van der Waals surface area contributed by atoms with Gasteiger partial charge in [0.05, 0.1) is 11.4 Å². The lowest BCUT2D eigenvalue weighted by Crippen LogP contribution is -2.45. The highest BCUT2D eigenvalue weighted by molar-refractivity contribution is 5.93. The Bertz CT molecular complexity index is 477. The molecule has 20 heavy (non-hydrogen) atoms. The van der Waals surface area contributed by atoms with Gasteiger partial charge in [0.2, 0.25) is 0 Å². The number of aromatic nitrogens is 2. The smallest absolute Gasteiger partial charge is 0.358 e. The third kappa shape index (κ3) is 3.29. The predicted molar refractivity (Wildman–Crippen MR) is 76.6 cm³/mol. The van der Waals surface area contributed by atoms with Crippen LogP contribution in [0.4, 0.5) is 5.69 Å². The Morgan fingerprint density at radius 2 is 1.95 bits per heavy atom. The number of carbonyl (C=O) groups excluding carboxylic acids is 1. The summed E-state index contributed by atoms with van der Waals surface area (Å²) in [5.74, 6) is -0.403. The molecule has 0 amide bonds. The largest absolute Gasteiger partial charge is 0.460 e. The number of piperazine rings is 1. The van der Waals surface area contributed by atoms with E-state index in [4.69, 9.17) is 10.5 Å². The summed E-state index contributed by atoms with van der Waals surface area (Å²) in [6.45, 7) is 7.06. The first kappa shape index (κ1) is 14.8. The van der Waals surface area contributed by atoms with Gasteiger partial charge in [0.15, 0.2) is 5.69 Å². The van der Waals surface area contributed by atoms with E-state index in [1.807, 2.05) is 0 Å². The van der Waals surface area contributed by atoms with Crippen LogP contribution in [0.25, 0.3) is 0 Å². The minimum Gasteiger partial charge on any atom is -0.460 e. The summed E-state index contributed by atoms with van der Waals surface area (Å²) in [6.07, 6.45) is 0. The van der Waals surface area contributed by atoms with Crippen molar-refractivity contribution < 1.29 is 9.53 Å². The van der Waals surface area contributed by atoms with Gasteiger partial charge < -0.3 is 15.4 Å². The van der Waals surface area contributed by atoms with Crippen LogP contribution in [-0.2, 0) is 11.8 Å². The van der Waals surface area contributed by atoms with E-state index in [1.54, 1.807) is 14.0 Å². The molecule has 7 heteroatoms. The number of carbonyl (C=O) groups is 1. The summed E-state index contributed by atoms with van der Waals surface area (Å²) in [6, 6.07) is 0. The molecular formula is C13H23N5O2. The lowest BCUT2D eigenvalue weighted by atomic mass is 10.3. The molecule has 2 heterocycles. The molecule has 112 valence electrons. The van der Waals surface area contributed by atoms with Gasteiger partial charge in [-0.3, -0.25) is 9.58 Å². The molecular weight excluding hydrogens is 258 g/mol. The highest BCUT2D eigenvalue weighted by Gasteiger charge is 2.20. The average Bonchev–Trinajstić information content (AvgIpc) is 2.65. The van der Waals surface area contributed by atoms with E-state index in [1.165, 1.54) is 4.68 Å². The molecule has 0 spiro atoms. The monoisotopic (exact) mass is 281 g/mol. The Morgan fingerprint density at radius 1 is 1.30 bits per heavy atom. The maximum absolute atomic E-state index is 12.0. The summed E-state index contributed by atoms with van der Waals surface area (Å²) >= 11 is 0. The van der Waals surface area contributed by atoms with Gasteiger partial charge in [-0.15, -0.1) is 0 Å². The molecule has 0 radical (unpaired) electrons. The third-order valence-electron chi connectivity index (χ3n) is 3.70. The molecule has 1 aliphatic heterocycles. The molecule has 2 N–H and O–H groups in total. The van der Waals surface area contributed by atoms with Crippen LogP contribution in [0.1, 0.15) is 16.2 Å². The number of nitrogen functional groups attached to an aromatic ring is 1. The number of rotatable bonds is 4. The topological polar surface area (TPSA) is 76.6 Å². The van der Waals surface area contributed by atoms with Crippen molar-refractivity contribution in [1.29, 1.82) is 0 Å². The van der Waals surface area contributed by atoms with Gasteiger partial charge in [-0.25, -0.2) is 4.79 Å². The van der Waals surface area contributed by atoms with Gasteiger partial charge in [0, 0.05) is 39.8 Å². The second-order valence-corrected chi connectivity index (χ2v) is 5.25. The summed E-state index contributed by atoms with van der Waals surface area (Å²) in [7, 11) is 3.81. The Kier molecular flexibility index (Phi) is 4.61. The van der Waals surface area contributed by atoms with Crippen molar-refractivity contribution in [2.75, 3.05) is 52.1 Å². The Balaban J connectivity index is 1.81. The fourth-order valence-electron chi connectivity index (χ4n) is 2.32. The first-order valence-electron chi connectivity index (χ1n) is 6.86. The standard InChI is InChI=1S/C13H23N5O2/c1-10-11(14)12(17(3)15-10)13(19)20-9-8-18-6-4-16(2)5-7-18/h4-9,14H2,1-3H3. The SMILES string of the molecule is Cc1nn(C)c(C(=O)OCCN2CCN(C)CC2)c1N. The number of hydrogen-bond donors (Lipinski definition) is 1. The van der Waals surface area contributed by atoms with Gasteiger partial charge in [-0.1, -0.05) is 0 Å². The molecule has 1 aromatic rings. The van der Waals surface area contributed by atoms with Crippen LogP contribution in [0.3, 0.4) is 0 Å². The first-order valence-corrected chi connectivity index (χ1v) is 6.86. The normalized spacial score (nSPS) is 17.4. The quantitative estimate of drug-likeness (QED) is 0.765. The molecule has 7 nitrogen and oxygen atoms in total. The fourth-order valence-corrected chi connectivity index (χ4v) is 2.32. The Hall–Kier alpha value is -1.60. The van der Waals surface area contributed by atoms with Crippen molar-refractivity contribution in [2.45, 2.75) is 6.92 Å². The van der Waals surface area contributed by atoms with Crippen LogP contribution in [0, 0.1) is 6.92 Å². The second kappa shape index (κ2) is 6.23. The number of nitrogens with two attached hydrogens (primary N) is 1. The molecule has 0 aliphatic carbocycles. The van der Waals surface area contributed by atoms with E-state index in [0.29, 0.717) is 23.7 Å². The highest BCUT2D eigenvalue weighted by atomic mass is 16.5. The molecule has 0 unspecified atom stereocenters. The molecule has 0 atom stereocenters. The lowest BCUT2D eigenvalue weighted by Gasteiger charge is -2.32. The number of anilines is 1. The Labute approximate surface area is 119 Å². The predicted octanol–water partition coefficient (Wildman–Crippen LogP) is -0.285.